The van der Waals surface area contributed by atoms with Crippen LogP contribution in [0.15, 0.2) is 18.2 Å². The molecule has 0 fully saturated rings. The van der Waals surface area contributed by atoms with E-state index in [9.17, 15) is 0 Å². The Kier molecular flexibility index (Phi) is 4.81. The first-order valence-corrected chi connectivity index (χ1v) is 6.13. The van der Waals surface area contributed by atoms with Crippen LogP contribution in [0.5, 0.6) is 0 Å². The minimum atomic E-state index is 0.653. The molecule has 0 spiro atoms. The highest BCUT2D eigenvalue weighted by Crippen LogP contribution is 2.18. The minimum absolute atomic E-state index is 0.653. The SMILES string of the molecule is CCC(CC)N(C)Cc1cc(C)ccc1N. The highest BCUT2D eigenvalue weighted by atomic mass is 15.1. The Balaban J connectivity index is 2.75. The number of anilines is 1. The number of benzene rings is 1. The Morgan fingerprint density at radius 2 is 1.88 bits per heavy atom. The van der Waals surface area contributed by atoms with Gasteiger partial charge >= 0.3 is 0 Å². The summed E-state index contributed by atoms with van der Waals surface area (Å²) in [6.45, 7) is 7.54. The molecule has 0 unspecified atom stereocenters. The number of nitrogens with two attached hydrogens (primary N) is 1. The van der Waals surface area contributed by atoms with Gasteiger partial charge in [0.25, 0.3) is 0 Å². The van der Waals surface area contributed by atoms with E-state index in [1.807, 2.05) is 6.07 Å². The molecular formula is C14H24N2. The summed E-state index contributed by atoms with van der Waals surface area (Å²) in [5.74, 6) is 0. The molecule has 16 heavy (non-hydrogen) atoms. The molecule has 0 aliphatic heterocycles. The summed E-state index contributed by atoms with van der Waals surface area (Å²) < 4.78 is 0. The molecule has 2 nitrogen and oxygen atoms in total. The van der Waals surface area contributed by atoms with Crippen molar-refractivity contribution in [3.8, 4) is 0 Å². The summed E-state index contributed by atoms with van der Waals surface area (Å²) >= 11 is 0. The van der Waals surface area contributed by atoms with Gasteiger partial charge in [-0.15, -0.1) is 0 Å². The molecule has 0 atom stereocenters. The van der Waals surface area contributed by atoms with Crippen molar-refractivity contribution in [2.45, 2.75) is 46.2 Å². The van der Waals surface area contributed by atoms with Crippen LogP contribution in [0.2, 0.25) is 0 Å². The van der Waals surface area contributed by atoms with Gasteiger partial charge in [-0.1, -0.05) is 31.5 Å². The van der Waals surface area contributed by atoms with Crippen LogP contribution in [0.1, 0.15) is 37.8 Å². The van der Waals surface area contributed by atoms with Crippen molar-refractivity contribution in [2.24, 2.45) is 0 Å². The molecule has 0 saturated carbocycles. The first-order valence-electron chi connectivity index (χ1n) is 6.13. The van der Waals surface area contributed by atoms with Crippen molar-refractivity contribution in [1.29, 1.82) is 0 Å². The molecule has 2 N–H and O–H groups in total. The number of rotatable bonds is 5. The number of aryl methyl sites for hydroxylation is 1. The van der Waals surface area contributed by atoms with Crippen LogP contribution >= 0.6 is 0 Å². The van der Waals surface area contributed by atoms with E-state index in [0.717, 1.165) is 12.2 Å². The van der Waals surface area contributed by atoms with Crippen molar-refractivity contribution < 1.29 is 0 Å². The van der Waals surface area contributed by atoms with Crippen molar-refractivity contribution in [1.82, 2.24) is 4.90 Å². The van der Waals surface area contributed by atoms with Gasteiger partial charge in [-0.3, -0.25) is 4.90 Å². The highest BCUT2D eigenvalue weighted by molar-refractivity contribution is 5.48. The summed E-state index contributed by atoms with van der Waals surface area (Å²) in [4.78, 5) is 2.39. The van der Waals surface area contributed by atoms with Crippen molar-refractivity contribution in [3.63, 3.8) is 0 Å². The highest BCUT2D eigenvalue weighted by Gasteiger charge is 2.11. The van der Waals surface area contributed by atoms with Crippen LogP contribution in [0, 0.1) is 6.92 Å². The summed E-state index contributed by atoms with van der Waals surface area (Å²) in [6, 6.07) is 6.91. The van der Waals surface area contributed by atoms with Gasteiger partial charge in [-0.2, -0.15) is 0 Å². The zero-order chi connectivity index (χ0) is 12.1. The second-order valence-corrected chi connectivity index (χ2v) is 4.59. The molecule has 0 aliphatic carbocycles. The predicted octanol–water partition coefficient (Wildman–Crippen LogP) is 3.20. The van der Waals surface area contributed by atoms with E-state index >= 15 is 0 Å². The molecule has 0 heterocycles. The molecule has 1 rings (SSSR count). The van der Waals surface area contributed by atoms with Crippen LogP contribution in [-0.4, -0.2) is 18.0 Å². The van der Waals surface area contributed by atoms with E-state index in [1.165, 1.54) is 24.0 Å². The average Bonchev–Trinajstić information content (AvgIpc) is 2.25. The Morgan fingerprint density at radius 3 is 2.44 bits per heavy atom. The maximum absolute atomic E-state index is 5.99. The zero-order valence-electron chi connectivity index (χ0n) is 11.0. The molecule has 0 amide bonds. The van der Waals surface area contributed by atoms with Crippen LogP contribution in [0.25, 0.3) is 0 Å². The fraction of sp³-hybridized carbons (Fsp3) is 0.571. The van der Waals surface area contributed by atoms with Crippen LogP contribution in [0.4, 0.5) is 5.69 Å². The number of hydrogen-bond acceptors (Lipinski definition) is 2. The number of nitrogens with zero attached hydrogens (tertiary/aromatic N) is 1. The number of hydrogen-bond donors (Lipinski definition) is 1. The molecule has 1 aromatic carbocycles. The van der Waals surface area contributed by atoms with Crippen LogP contribution < -0.4 is 5.73 Å². The molecule has 0 radical (unpaired) electrons. The van der Waals surface area contributed by atoms with E-state index in [1.54, 1.807) is 0 Å². The summed E-state index contributed by atoms with van der Waals surface area (Å²) in [5.41, 5.74) is 9.42. The molecule has 0 bridgehead atoms. The summed E-state index contributed by atoms with van der Waals surface area (Å²) in [6.07, 6.45) is 2.39. The van der Waals surface area contributed by atoms with E-state index in [2.05, 4.69) is 44.9 Å². The third-order valence-electron chi connectivity index (χ3n) is 3.28. The minimum Gasteiger partial charge on any atom is -0.398 e. The lowest BCUT2D eigenvalue weighted by Gasteiger charge is -2.26. The normalized spacial score (nSPS) is 11.4. The summed E-state index contributed by atoms with van der Waals surface area (Å²) in [7, 11) is 2.18. The lowest BCUT2D eigenvalue weighted by atomic mass is 10.1. The molecule has 2 heteroatoms. The largest absolute Gasteiger partial charge is 0.398 e. The number of nitrogen functional groups attached to an aromatic ring is 1. The molecule has 0 saturated heterocycles. The fourth-order valence-corrected chi connectivity index (χ4v) is 2.18. The smallest absolute Gasteiger partial charge is 0.0359 e. The molecule has 90 valence electrons. The maximum atomic E-state index is 5.99. The topological polar surface area (TPSA) is 29.3 Å². The first kappa shape index (κ1) is 13.0. The van der Waals surface area contributed by atoms with E-state index < -0.39 is 0 Å². The van der Waals surface area contributed by atoms with Crippen LogP contribution in [-0.2, 0) is 6.54 Å². The van der Waals surface area contributed by atoms with Gasteiger partial charge in [0.2, 0.25) is 0 Å². The van der Waals surface area contributed by atoms with Gasteiger partial charge in [-0.25, -0.2) is 0 Å². The standard InChI is InChI=1S/C14H24N2/c1-5-13(6-2)16(4)10-12-9-11(3)7-8-14(12)15/h7-9,13H,5-6,10,15H2,1-4H3. The average molecular weight is 220 g/mol. The van der Waals surface area contributed by atoms with Gasteiger partial charge in [0, 0.05) is 18.3 Å². The fourth-order valence-electron chi connectivity index (χ4n) is 2.18. The van der Waals surface area contributed by atoms with Gasteiger partial charge in [0.05, 0.1) is 0 Å². The zero-order valence-corrected chi connectivity index (χ0v) is 11.0. The Bertz CT molecular complexity index is 330. The van der Waals surface area contributed by atoms with Crippen molar-refractivity contribution >= 4 is 5.69 Å². The molecule has 1 aromatic rings. The Morgan fingerprint density at radius 1 is 1.25 bits per heavy atom. The second kappa shape index (κ2) is 5.90. The first-order chi connectivity index (χ1) is 7.58. The Labute approximate surface area is 99.5 Å². The molecular weight excluding hydrogens is 196 g/mol. The molecule has 0 aliphatic rings. The third-order valence-corrected chi connectivity index (χ3v) is 3.28. The second-order valence-electron chi connectivity index (χ2n) is 4.59. The van der Waals surface area contributed by atoms with E-state index in [0.29, 0.717) is 6.04 Å². The van der Waals surface area contributed by atoms with Gasteiger partial charge in [0.1, 0.15) is 0 Å². The summed E-state index contributed by atoms with van der Waals surface area (Å²) in [5, 5.41) is 0. The maximum Gasteiger partial charge on any atom is 0.0359 e. The monoisotopic (exact) mass is 220 g/mol. The van der Waals surface area contributed by atoms with Gasteiger partial charge in [-0.05, 0) is 38.4 Å². The van der Waals surface area contributed by atoms with Gasteiger partial charge < -0.3 is 5.73 Å². The lowest BCUT2D eigenvalue weighted by molar-refractivity contribution is 0.222. The lowest BCUT2D eigenvalue weighted by Crippen LogP contribution is -2.30. The molecule has 0 aromatic heterocycles. The Hall–Kier alpha value is -1.02. The quantitative estimate of drug-likeness (QED) is 0.772. The van der Waals surface area contributed by atoms with Gasteiger partial charge in [0.15, 0.2) is 0 Å². The van der Waals surface area contributed by atoms with Crippen LogP contribution in [0.3, 0.4) is 0 Å². The third kappa shape index (κ3) is 3.24. The van der Waals surface area contributed by atoms with E-state index in [4.69, 9.17) is 5.73 Å². The van der Waals surface area contributed by atoms with E-state index in [-0.39, 0.29) is 0 Å². The predicted molar refractivity (Wildman–Crippen MR) is 71.4 cm³/mol. The van der Waals surface area contributed by atoms with Crippen molar-refractivity contribution in [2.75, 3.05) is 12.8 Å². The van der Waals surface area contributed by atoms with Crippen molar-refractivity contribution in [3.05, 3.63) is 29.3 Å².